The number of aliphatic carboxylic acids is 1. The Balaban J connectivity index is 2.47. The van der Waals surface area contributed by atoms with Crippen LogP contribution in [0, 0.1) is 0 Å². The van der Waals surface area contributed by atoms with Crippen molar-refractivity contribution in [1.29, 1.82) is 0 Å². The molecule has 0 aromatic carbocycles. The Hall–Kier alpha value is -1.36. The normalized spacial score (nSPS) is 24.1. The van der Waals surface area contributed by atoms with Gasteiger partial charge in [-0.1, -0.05) is 0 Å². The summed E-state index contributed by atoms with van der Waals surface area (Å²) in [6, 6.07) is 0. The third-order valence-corrected chi connectivity index (χ3v) is 3.50. The number of fused-ring (bicyclic) bond motifs is 1. The molecule has 0 saturated heterocycles. The molecule has 1 aliphatic carbocycles. The number of carbonyl (C=O) groups is 1. The second-order valence-electron chi connectivity index (χ2n) is 4.55. The largest absolute Gasteiger partial charge is 0.481 e. The summed E-state index contributed by atoms with van der Waals surface area (Å²) in [5.41, 5.74) is 7.57. The number of aromatic nitrogens is 2. The lowest BCUT2D eigenvalue weighted by atomic mass is 9.71. The lowest BCUT2D eigenvalue weighted by Gasteiger charge is -2.35. The van der Waals surface area contributed by atoms with Gasteiger partial charge in [-0.3, -0.25) is 9.48 Å². The number of nitrogens with two attached hydrogens (primary N) is 1. The monoisotopic (exact) mass is 223 g/mol. The first kappa shape index (κ1) is 11.1. The molecule has 0 bridgehead atoms. The molecule has 0 spiro atoms. The van der Waals surface area contributed by atoms with Crippen molar-refractivity contribution >= 4 is 5.97 Å². The van der Waals surface area contributed by atoms with Crippen LogP contribution < -0.4 is 5.73 Å². The summed E-state index contributed by atoms with van der Waals surface area (Å²) >= 11 is 0. The van der Waals surface area contributed by atoms with E-state index in [4.69, 9.17) is 10.8 Å². The van der Waals surface area contributed by atoms with Crippen LogP contribution in [0.4, 0.5) is 0 Å². The fourth-order valence-electron chi connectivity index (χ4n) is 2.82. The number of nitrogens with zero attached hydrogens (tertiary/aromatic N) is 2. The van der Waals surface area contributed by atoms with Crippen LogP contribution >= 0.6 is 0 Å². The summed E-state index contributed by atoms with van der Waals surface area (Å²) in [6.45, 7) is 0.367. The summed E-state index contributed by atoms with van der Waals surface area (Å²) < 4.78 is 1.78. The molecule has 2 rings (SSSR count). The number of rotatable bonds is 3. The van der Waals surface area contributed by atoms with Gasteiger partial charge in [0.15, 0.2) is 0 Å². The van der Waals surface area contributed by atoms with Crippen molar-refractivity contribution in [2.75, 3.05) is 6.54 Å². The minimum absolute atomic E-state index is 0.0933. The zero-order valence-electron chi connectivity index (χ0n) is 9.44. The van der Waals surface area contributed by atoms with E-state index in [1.54, 1.807) is 4.68 Å². The van der Waals surface area contributed by atoms with E-state index in [2.05, 4.69) is 5.10 Å². The average Bonchev–Trinajstić information content (AvgIpc) is 2.61. The molecular weight excluding hydrogens is 206 g/mol. The number of hydrogen-bond acceptors (Lipinski definition) is 3. The molecule has 0 aliphatic heterocycles. The molecule has 1 atom stereocenters. The van der Waals surface area contributed by atoms with E-state index < -0.39 is 11.4 Å². The summed E-state index contributed by atoms with van der Waals surface area (Å²) in [7, 11) is 1.86. The number of aryl methyl sites for hydroxylation is 2. The van der Waals surface area contributed by atoms with Crippen molar-refractivity contribution in [2.24, 2.45) is 12.8 Å². The quantitative estimate of drug-likeness (QED) is 0.778. The van der Waals surface area contributed by atoms with Gasteiger partial charge < -0.3 is 10.8 Å². The fourth-order valence-corrected chi connectivity index (χ4v) is 2.82. The molecule has 5 nitrogen and oxygen atoms in total. The Labute approximate surface area is 94.2 Å². The van der Waals surface area contributed by atoms with Gasteiger partial charge in [0.1, 0.15) is 0 Å². The smallest absolute Gasteiger partial charge is 0.304 e. The van der Waals surface area contributed by atoms with Gasteiger partial charge in [0.2, 0.25) is 0 Å². The second kappa shape index (κ2) is 3.90. The maximum atomic E-state index is 11.0. The van der Waals surface area contributed by atoms with E-state index in [0.717, 1.165) is 30.5 Å². The number of carboxylic acid groups (broad SMARTS) is 1. The molecule has 16 heavy (non-hydrogen) atoms. The Kier molecular flexibility index (Phi) is 2.71. The van der Waals surface area contributed by atoms with Gasteiger partial charge in [-0.2, -0.15) is 5.10 Å². The molecule has 88 valence electrons. The molecule has 1 aliphatic rings. The Morgan fingerprint density at radius 1 is 1.75 bits per heavy atom. The van der Waals surface area contributed by atoms with E-state index in [0.29, 0.717) is 6.54 Å². The topological polar surface area (TPSA) is 81.1 Å². The summed E-state index contributed by atoms with van der Waals surface area (Å²) in [5, 5.41) is 13.2. The van der Waals surface area contributed by atoms with Gasteiger partial charge in [-0.15, -0.1) is 0 Å². The predicted octanol–water partition coefficient (Wildman–Crippen LogP) is 0.428. The van der Waals surface area contributed by atoms with Crippen molar-refractivity contribution in [3.8, 4) is 0 Å². The molecule has 1 unspecified atom stereocenters. The van der Waals surface area contributed by atoms with Crippen LogP contribution in [0.5, 0.6) is 0 Å². The van der Waals surface area contributed by atoms with E-state index >= 15 is 0 Å². The van der Waals surface area contributed by atoms with Crippen molar-refractivity contribution in [1.82, 2.24) is 9.78 Å². The lowest BCUT2D eigenvalue weighted by molar-refractivity contribution is -0.138. The van der Waals surface area contributed by atoms with Crippen LogP contribution in [0.25, 0.3) is 0 Å². The van der Waals surface area contributed by atoms with E-state index in [-0.39, 0.29) is 6.42 Å². The van der Waals surface area contributed by atoms with Crippen LogP contribution in [-0.2, 0) is 23.7 Å². The Morgan fingerprint density at radius 2 is 2.50 bits per heavy atom. The highest BCUT2D eigenvalue weighted by molar-refractivity contribution is 5.69. The van der Waals surface area contributed by atoms with Crippen molar-refractivity contribution in [2.45, 2.75) is 31.1 Å². The maximum absolute atomic E-state index is 11.0. The molecule has 0 radical (unpaired) electrons. The van der Waals surface area contributed by atoms with Crippen molar-refractivity contribution in [3.63, 3.8) is 0 Å². The second-order valence-corrected chi connectivity index (χ2v) is 4.55. The third kappa shape index (κ3) is 1.61. The maximum Gasteiger partial charge on any atom is 0.304 e. The van der Waals surface area contributed by atoms with Crippen molar-refractivity contribution in [3.05, 3.63) is 17.5 Å². The molecule has 1 heterocycles. The summed E-state index contributed by atoms with van der Waals surface area (Å²) in [6.07, 6.45) is 4.73. The Bertz CT molecular complexity index is 413. The lowest BCUT2D eigenvalue weighted by Crippen LogP contribution is -2.41. The third-order valence-electron chi connectivity index (χ3n) is 3.50. The standard InChI is InChI=1S/C11H17N3O2/c1-14-10-8(6-13-14)3-2-4-11(10,7-12)5-9(15)16/h6H,2-5,7,12H2,1H3,(H,15,16). The van der Waals surface area contributed by atoms with E-state index in [1.807, 2.05) is 13.2 Å². The SMILES string of the molecule is Cn1ncc2c1C(CN)(CC(=O)O)CCC2. The van der Waals surface area contributed by atoms with Crippen LogP contribution in [0.1, 0.15) is 30.5 Å². The van der Waals surface area contributed by atoms with Crippen LogP contribution in [0.2, 0.25) is 0 Å². The highest BCUT2D eigenvalue weighted by Gasteiger charge is 2.40. The molecule has 0 fully saturated rings. The number of hydrogen-bond donors (Lipinski definition) is 2. The van der Waals surface area contributed by atoms with E-state index in [9.17, 15) is 4.79 Å². The zero-order valence-corrected chi connectivity index (χ0v) is 9.44. The summed E-state index contributed by atoms with van der Waals surface area (Å²) in [5.74, 6) is -0.792. The fraction of sp³-hybridized carbons (Fsp3) is 0.636. The van der Waals surface area contributed by atoms with Gasteiger partial charge in [0.25, 0.3) is 0 Å². The van der Waals surface area contributed by atoms with Gasteiger partial charge >= 0.3 is 5.97 Å². The minimum atomic E-state index is -0.792. The van der Waals surface area contributed by atoms with Gasteiger partial charge in [-0.05, 0) is 24.8 Å². The first-order valence-electron chi connectivity index (χ1n) is 5.52. The summed E-state index contributed by atoms with van der Waals surface area (Å²) in [4.78, 5) is 11.0. The van der Waals surface area contributed by atoms with Gasteiger partial charge in [-0.25, -0.2) is 0 Å². The highest BCUT2D eigenvalue weighted by Crippen LogP contribution is 2.38. The molecular formula is C11H17N3O2. The number of carboxylic acids is 1. The minimum Gasteiger partial charge on any atom is -0.481 e. The molecule has 3 N–H and O–H groups in total. The first-order chi connectivity index (χ1) is 7.59. The van der Waals surface area contributed by atoms with E-state index in [1.165, 1.54) is 0 Å². The van der Waals surface area contributed by atoms with Crippen LogP contribution in [0.3, 0.4) is 0 Å². The first-order valence-corrected chi connectivity index (χ1v) is 5.52. The molecule has 5 heteroatoms. The van der Waals surface area contributed by atoms with Crippen molar-refractivity contribution < 1.29 is 9.90 Å². The molecule has 1 aromatic rings. The molecule has 1 aromatic heterocycles. The van der Waals surface area contributed by atoms with Gasteiger partial charge in [0.05, 0.1) is 12.6 Å². The van der Waals surface area contributed by atoms with Crippen LogP contribution in [0.15, 0.2) is 6.20 Å². The Morgan fingerprint density at radius 3 is 3.12 bits per heavy atom. The van der Waals surface area contributed by atoms with Crippen LogP contribution in [-0.4, -0.2) is 27.4 Å². The zero-order chi connectivity index (χ0) is 11.8. The van der Waals surface area contributed by atoms with Gasteiger partial charge in [0, 0.05) is 24.7 Å². The predicted molar refractivity (Wildman–Crippen MR) is 59.1 cm³/mol. The molecule has 0 amide bonds. The highest BCUT2D eigenvalue weighted by atomic mass is 16.4. The average molecular weight is 223 g/mol. The molecule has 0 saturated carbocycles.